The van der Waals surface area contributed by atoms with Gasteiger partial charge in [0, 0.05) is 18.1 Å². The molecule has 0 aliphatic heterocycles. The van der Waals surface area contributed by atoms with Gasteiger partial charge in [0.2, 0.25) is 0 Å². The predicted octanol–water partition coefficient (Wildman–Crippen LogP) is 3.33. The second-order valence-electron chi connectivity index (χ2n) is 5.41. The van der Waals surface area contributed by atoms with Gasteiger partial charge in [-0.2, -0.15) is 0 Å². The first-order valence-corrected chi connectivity index (χ1v) is 8.87. The van der Waals surface area contributed by atoms with Gasteiger partial charge in [-0.1, -0.05) is 24.7 Å². The van der Waals surface area contributed by atoms with Crippen LogP contribution in [0.1, 0.15) is 41.6 Å². The number of benzene rings is 1. The molecule has 0 atom stereocenters. The van der Waals surface area contributed by atoms with Gasteiger partial charge in [-0.3, -0.25) is 4.79 Å². The minimum atomic E-state index is -1.23. The Kier molecular flexibility index (Phi) is 7.02. The van der Waals surface area contributed by atoms with E-state index in [0.717, 1.165) is 30.2 Å². The topological polar surface area (TPSA) is 98.6 Å². The van der Waals surface area contributed by atoms with E-state index in [-0.39, 0.29) is 34.3 Å². The molecule has 0 radical (unpaired) electrons. The summed E-state index contributed by atoms with van der Waals surface area (Å²) in [5.74, 6) is -2.28. The molecule has 1 N–H and O–H groups in total. The van der Waals surface area contributed by atoms with Crippen molar-refractivity contribution in [2.24, 2.45) is 0 Å². The van der Waals surface area contributed by atoms with E-state index in [9.17, 15) is 19.1 Å². The molecule has 1 aromatic carbocycles. The van der Waals surface area contributed by atoms with E-state index in [1.807, 2.05) is 6.92 Å². The van der Waals surface area contributed by atoms with Gasteiger partial charge in [-0.15, -0.1) is 10.2 Å². The van der Waals surface area contributed by atoms with Crippen LogP contribution in [-0.2, 0) is 16.0 Å². The summed E-state index contributed by atoms with van der Waals surface area (Å²) < 4.78 is 24.2. The molecule has 0 bridgehead atoms. The zero-order chi connectivity index (χ0) is 19.1. The Morgan fingerprint density at radius 1 is 1.31 bits per heavy atom. The highest BCUT2D eigenvalue weighted by atomic mass is 32.1. The summed E-state index contributed by atoms with van der Waals surface area (Å²) in [6.07, 6.45) is 2.24. The molecular weight excluding hydrogens is 363 g/mol. The molecule has 1 heterocycles. The van der Waals surface area contributed by atoms with Crippen LogP contribution >= 0.6 is 11.3 Å². The molecule has 0 unspecified atom stereocenters. The van der Waals surface area contributed by atoms with Gasteiger partial charge in [-0.05, 0) is 12.5 Å². The third-order valence-electron chi connectivity index (χ3n) is 3.52. The van der Waals surface area contributed by atoms with Crippen molar-refractivity contribution in [1.82, 2.24) is 10.2 Å². The van der Waals surface area contributed by atoms with Crippen LogP contribution in [0.3, 0.4) is 0 Å². The molecule has 26 heavy (non-hydrogen) atoms. The number of unbranched alkanes of at least 4 members (excludes halogenated alkanes) is 1. The van der Waals surface area contributed by atoms with E-state index in [1.165, 1.54) is 13.2 Å². The summed E-state index contributed by atoms with van der Waals surface area (Å²) in [5, 5.41) is 17.8. The number of nitrogens with zero attached hydrogens (tertiary/aromatic N) is 2. The number of aryl methyl sites for hydroxylation is 1. The van der Waals surface area contributed by atoms with Crippen molar-refractivity contribution < 1.29 is 28.6 Å². The Hall–Kier alpha value is -2.55. The van der Waals surface area contributed by atoms with Crippen molar-refractivity contribution in [3.63, 3.8) is 0 Å². The van der Waals surface area contributed by atoms with Gasteiger partial charge in [0.05, 0.1) is 20.1 Å². The van der Waals surface area contributed by atoms with E-state index >= 15 is 0 Å². The van der Waals surface area contributed by atoms with Crippen LogP contribution in [0.15, 0.2) is 12.1 Å². The molecule has 140 valence electrons. The lowest BCUT2D eigenvalue weighted by atomic mass is 10.1. The summed E-state index contributed by atoms with van der Waals surface area (Å²) in [7, 11) is 1.27. The maximum Gasteiger partial charge on any atom is 0.339 e. The number of carbonyl (C=O) groups is 2. The molecule has 0 fully saturated rings. The molecule has 0 spiro atoms. The predicted molar refractivity (Wildman–Crippen MR) is 93.0 cm³/mol. The smallest absolute Gasteiger partial charge is 0.339 e. The minimum Gasteiger partial charge on any atom is -0.496 e. The fraction of sp³-hybridized carbons (Fsp3) is 0.412. The maximum atomic E-state index is 14.3. The average Bonchev–Trinajstić information content (AvgIpc) is 3.08. The standard InChI is InChI=1S/C17H19FN2O5S/c1-3-4-7-25-15(21)6-5-14-19-20-16(26-14)10-8-11(17(22)23)13(24-2)9-12(10)18/h8-9H,3-7H2,1-2H3,(H,22,23). The van der Waals surface area contributed by atoms with Gasteiger partial charge in [0.1, 0.15) is 22.1 Å². The summed E-state index contributed by atoms with van der Waals surface area (Å²) in [6, 6.07) is 2.17. The van der Waals surface area contributed by atoms with Crippen LogP contribution in [0.4, 0.5) is 4.39 Å². The number of aromatic carboxylic acids is 1. The number of hydrogen-bond acceptors (Lipinski definition) is 7. The SMILES string of the molecule is CCCCOC(=O)CCc1nnc(-c2cc(C(=O)O)c(OC)cc2F)s1. The van der Waals surface area contributed by atoms with Crippen molar-refractivity contribution in [3.05, 3.63) is 28.5 Å². The number of rotatable bonds is 9. The fourth-order valence-electron chi connectivity index (χ4n) is 2.13. The number of carboxylic acid groups (broad SMARTS) is 1. The Morgan fingerprint density at radius 2 is 2.08 bits per heavy atom. The maximum absolute atomic E-state index is 14.3. The quantitative estimate of drug-likeness (QED) is 0.525. The molecule has 0 aliphatic rings. The fourth-order valence-corrected chi connectivity index (χ4v) is 2.99. The Balaban J connectivity index is 2.11. The number of carbonyl (C=O) groups excluding carboxylic acids is 1. The summed E-state index contributed by atoms with van der Waals surface area (Å²) in [4.78, 5) is 22.9. The highest BCUT2D eigenvalue weighted by molar-refractivity contribution is 7.14. The highest BCUT2D eigenvalue weighted by Crippen LogP contribution is 2.32. The molecule has 9 heteroatoms. The number of esters is 1. The van der Waals surface area contributed by atoms with Crippen molar-refractivity contribution in [2.75, 3.05) is 13.7 Å². The molecule has 0 saturated carbocycles. The molecule has 1 aromatic heterocycles. The molecule has 0 saturated heterocycles. The van der Waals surface area contributed by atoms with Crippen LogP contribution < -0.4 is 4.74 Å². The second kappa shape index (κ2) is 9.23. The normalized spacial score (nSPS) is 10.6. The number of halogens is 1. The van der Waals surface area contributed by atoms with E-state index < -0.39 is 11.8 Å². The highest BCUT2D eigenvalue weighted by Gasteiger charge is 2.19. The number of ether oxygens (including phenoxy) is 2. The lowest BCUT2D eigenvalue weighted by Gasteiger charge is -2.07. The van der Waals surface area contributed by atoms with Gasteiger partial charge >= 0.3 is 11.9 Å². The first-order valence-electron chi connectivity index (χ1n) is 8.05. The lowest BCUT2D eigenvalue weighted by molar-refractivity contribution is -0.143. The number of methoxy groups -OCH3 is 1. The lowest BCUT2D eigenvalue weighted by Crippen LogP contribution is -2.06. The van der Waals surface area contributed by atoms with E-state index in [4.69, 9.17) is 9.47 Å². The van der Waals surface area contributed by atoms with Crippen LogP contribution in [0.5, 0.6) is 5.75 Å². The molecule has 0 aliphatic carbocycles. The van der Waals surface area contributed by atoms with Crippen molar-refractivity contribution >= 4 is 23.3 Å². The Labute approximate surface area is 153 Å². The monoisotopic (exact) mass is 382 g/mol. The third kappa shape index (κ3) is 4.98. The van der Waals surface area contributed by atoms with Crippen molar-refractivity contribution in [3.8, 4) is 16.3 Å². The summed E-state index contributed by atoms with van der Waals surface area (Å²) in [6.45, 7) is 2.40. The molecule has 0 amide bonds. The zero-order valence-electron chi connectivity index (χ0n) is 14.5. The van der Waals surface area contributed by atoms with Crippen LogP contribution in [0, 0.1) is 5.82 Å². The van der Waals surface area contributed by atoms with Crippen LogP contribution in [-0.4, -0.2) is 41.0 Å². The second-order valence-corrected chi connectivity index (χ2v) is 6.47. The molecule has 2 aromatic rings. The largest absolute Gasteiger partial charge is 0.496 e. The van der Waals surface area contributed by atoms with Crippen molar-refractivity contribution in [1.29, 1.82) is 0 Å². The number of carboxylic acids is 1. The third-order valence-corrected chi connectivity index (χ3v) is 4.54. The van der Waals surface area contributed by atoms with Gasteiger partial charge in [-0.25, -0.2) is 9.18 Å². The van der Waals surface area contributed by atoms with E-state index in [1.54, 1.807) is 0 Å². The summed E-state index contributed by atoms with van der Waals surface area (Å²) in [5.41, 5.74) is -0.141. The average molecular weight is 382 g/mol. The first-order chi connectivity index (χ1) is 12.5. The Bertz CT molecular complexity index is 793. The van der Waals surface area contributed by atoms with Crippen molar-refractivity contribution in [2.45, 2.75) is 32.6 Å². The van der Waals surface area contributed by atoms with Gasteiger partial charge < -0.3 is 14.6 Å². The van der Waals surface area contributed by atoms with Gasteiger partial charge in [0.15, 0.2) is 5.01 Å². The summed E-state index contributed by atoms with van der Waals surface area (Å²) >= 11 is 1.10. The minimum absolute atomic E-state index is 0.0254. The van der Waals surface area contributed by atoms with E-state index in [0.29, 0.717) is 18.0 Å². The van der Waals surface area contributed by atoms with E-state index in [2.05, 4.69) is 10.2 Å². The Morgan fingerprint density at radius 3 is 2.73 bits per heavy atom. The molecular formula is C17H19FN2O5S. The molecule has 2 rings (SSSR count). The van der Waals surface area contributed by atoms with Crippen LogP contribution in [0.2, 0.25) is 0 Å². The zero-order valence-corrected chi connectivity index (χ0v) is 15.3. The number of hydrogen-bond donors (Lipinski definition) is 1. The first kappa shape index (κ1) is 19.8. The molecule has 7 nitrogen and oxygen atoms in total. The number of aromatic nitrogens is 2. The van der Waals surface area contributed by atoms with Crippen LogP contribution in [0.25, 0.3) is 10.6 Å². The van der Waals surface area contributed by atoms with Gasteiger partial charge in [0.25, 0.3) is 0 Å².